The summed E-state index contributed by atoms with van der Waals surface area (Å²) in [6, 6.07) is 6.59. The molecule has 4 rings (SSSR count). The van der Waals surface area contributed by atoms with Gasteiger partial charge in [0.1, 0.15) is 5.82 Å². The van der Waals surface area contributed by atoms with Crippen LogP contribution in [-0.2, 0) is 15.0 Å². The van der Waals surface area contributed by atoms with E-state index in [0.29, 0.717) is 5.82 Å². The highest BCUT2D eigenvalue weighted by atomic mass is 16.2. The number of benzene rings is 1. The molecule has 0 aromatic heterocycles. The van der Waals surface area contributed by atoms with Crippen molar-refractivity contribution in [3.05, 3.63) is 58.6 Å². The van der Waals surface area contributed by atoms with Crippen molar-refractivity contribution in [2.45, 2.75) is 85.7 Å². The van der Waals surface area contributed by atoms with Crippen LogP contribution in [0.25, 0.3) is 5.57 Å². The number of hydrogen-bond acceptors (Lipinski definition) is 4. The molecule has 3 aliphatic rings. The van der Waals surface area contributed by atoms with Gasteiger partial charge in [-0.1, -0.05) is 18.2 Å². The van der Waals surface area contributed by atoms with Gasteiger partial charge in [-0.25, -0.2) is 4.99 Å². The summed E-state index contributed by atoms with van der Waals surface area (Å²) in [5, 5.41) is 0. The zero-order valence-corrected chi connectivity index (χ0v) is 22.8. The van der Waals surface area contributed by atoms with E-state index in [4.69, 9.17) is 0 Å². The van der Waals surface area contributed by atoms with E-state index in [1.807, 2.05) is 73.8 Å². The average molecular weight is 487 g/mol. The first kappa shape index (κ1) is 25.8. The molecule has 0 spiro atoms. The number of rotatable bonds is 7. The zero-order chi connectivity index (χ0) is 26.6. The fraction of sp³-hybridized carbons (Fsp3) is 0.467. The average Bonchev–Trinajstić information content (AvgIpc) is 3.60. The number of nitrogens with zero attached hydrogens (tertiary/aromatic N) is 4. The van der Waals surface area contributed by atoms with Crippen LogP contribution >= 0.6 is 0 Å². The lowest BCUT2D eigenvalue weighted by atomic mass is 9.85. The number of carbonyl (C=O) groups is 2. The van der Waals surface area contributed by atoms with Gasteiger partial charge >= 0.3 is 0 Å². The number of anilines is 1. The zero-order valence-electron chi connectivity index (χ0n) is 22.8. The molecule has 0 radical (unpaired) electrons. The second kappa shape index (κ2) is 8.99. The molecule has 1 saturated carbocycles. The summed E-state index contributed by atoms with van der Waals surface area (Å²) in [4.78, 5) is 39.5. The molecule has 0 unspecified atom stereocenters. The van der Waals surface area contributed by atoms with Crippen LogP contribution in [0, 0.1) is 5.41 Å². The van der Waals surface area contributed by atoms with Crippen LogP contribution in [0.3, 0.4) is 0 Å². The predicted octanol–water partition coefficient (Wildman–Crippen LogP) is 6.04. The summed E-state index contributed by atoms with van der Waals surface area (Å²) in [6.07, 6.45) is 7.86. The Kier molecular flexibility index (Phi) is 6.44. The lowest BCUT2D eigenvalue weighted by Crippen LogP contribution is -2.35. The third kappa shape index (κ3) is 4.06. The number of aliphatic imine (C=N–C) groups is 2. The van der Waals surface area contributed by atoms with Gasteiger partial charge < -0.3 is 0 Å². The fourth-order valence-corrected chi connectivity index (χ4v) is 5.10. The Bertz CT molecular complexity index is 1260. The molecule has 2 aliphatic heterocycles. The van der Waals surface area contributed by atoms with Crippen molar-refractivity contribution < 1.29 is 9.59 Å². The maximum atomic E-state index is 13.7. The van der Waals surface area contributed by atoms with Crippen LogP contribution in [0.2, 0.25) is 0 Å². The highest BCUT2D eigenvalue weighted by Crippen LogP contribution is 2.48. The van der Waals surface area contributed by atoms with Crippen molar-refractivity contribution in [2.24, 2.45) is 15.4 Å². The number of carbonyl (C=O) groups excluding carboxylic acids is 2. The Morgan fingerprint density at radius 2 is 1.78 bits per heavy atom. The number of fused-ring (bicyclic) bond motifs is 1. The molecule has 1 aromatic carbocycles. The van der Waals surface area contributed by atoms with E-state index in [1.54, 1.807) is 9.80 Å². The van der Waals surface area contributed by atoms with Crippen molar-refractivity contribution in [3.8, 4) is 0 Å². The van der Waals surface area contributed by atoms with Crippen LogP contribution in [0.1, 0.15) is 79.4 Å². The van der Waals surface area contributed by atoms with Crippen molar-refractivity contribution in [1.82, 2.24) is 4.90 Å². The van der Waals surface area contributed by atoms with Gasteiger partial charge in [-0.15, -0.1) is 0 Å². The van der Waals surface area contributed by atoms with Crippen molar-refractivity contribution >= 4 is 36.0 Å². The Morgan fingerprint density at radius 1 is 1.11 bits per heavy atom. The van der Waals surface area contributed by atoms with E-state index in [2.05, 4.69) is 34.9 Å². The van der Waals surface area contributed by atoms with Gasteiger partial charge in [-0.3, -0.25) is 24.4 Å². The summed E-state index contributed by atoms with van der Waals surface area (Å²) >= 11 is 0. The van der Waals surface area contributed by atoms with Crippen molar-refractivity contribution in [2.75, 3.05) is 4.90 Å². The van der Waals surface area contributed by atoms with Crippen molar-refractivity contribution in [3.63, 3.8) is 0 Å². The van der Waals surface area contributed by atoms with E-state index < -0.39 is 10.8 Å². The van der Waals surface area contributed by atoms with E-state index in [0.717, 1.165) is 46.5 Å². The summed E-state index contributed by atoms with van der Waals surface area (Å²) in [5.74, 6) is 0.674. The second-order valence-corrected chi connectivity index (χ2v) is 11.3. The van der Waals surface area contributed by atoms with E-state index in [9.17, 15) is 9.59 Å². The Balaban J connectivity index is 1.82. The SMILES string of the molecule is C=NC1=C(/C=C(\C)N2C(=O)C(C)(C)c3ccc(/C(C=NC(C)C)=C/C)cc32)C(C)(C)C(=O)N1C1CC1. The molecule has 1 fully saturated rings. The fourth-order valence-electron chi connectivity index (χ4n) is 5.10. The minimum absolute atomic E-state index is 0.0103. The van der Waals surface area contributed by atoms with Crippen LogP contribution in [0.15, 0.2) is 57.4 Å². The Labute approximate surface area is 215 Å². The van der Waals surface area contributed by atoms with Gasteiger partial charge in [0.15, 0.2) is 0 Å². The lowest BCUT2D eigenvalue weighted by Gasteiger charge is -2.24. The van der Waals surface area contributed by atoms with Gasteiger partial charge in [-0.2, -0.15) is 0 Å². The van der Waals surface area contributed by atoms with Gasteiger partial charge in [0.05, 0.1) is 16.5 Å². The normalized spacial score (nSPS) is 21.9. The molecule has 0 N–H and O–H groups in total. The summed E-state index contributed by atoms with van der Waals surface area (Å²) in [5.41, 5.74) is 4.02. The Hall–Kier alpha value is -3.28. The van der Waals surface area contributed by atoms with Crippen LogP contribution in [0.4, 0.5) is 5.69 Å². The summed E-state index contributed by atoms with van der Waals surface area (Å²) in [6.45, 7) is 19.6. The molecule has 2 amide bonds. The molecule has 6 heteroatoms. The summed E-state index contributed by atoms with van der Waals surface area (Å²) < 4.78 is 0. The Morgan fingerprint density at radius 3 is 2.33 bits per heavy atom. The van der Waals surface area contributed by atoms with E-state index in [1.165, 1.54) is 0 Å². The van der Waals surface area contributed by atoms with Crippen LogP contribution in [0.5, 0.6) is 0 Å². The van der Waals surface area contributed by atoms with Gasteiger partial charge in [0.2, 0.25) is 11.8 Å². The highest BCUT2D eigenvalue weighted by Gasteiger charge is 2.51. The van der Waals surface area contributed by atoms with Crippen molar-refractivity contribution in [1.29, 1.82) is 0 Å². The number of amides is 2. The molecular weight excluding hydrogens is 448 g/mol. The van der Waals surface area contributed by atoms with Crippen LogP contribution < -0.4 is 4.90 Å². The van der Waals surface area contributed by atoms with Crippen LogP contribution in [-0.4, -0.2) is 41.7 Å². The molecule has 0 bridgehead atoms. The minimum Gasteiger partial charge on any atom is -0.293 e. The minimum atomic E-state index is -0.741. The first-order chi connectivity index (χ1) is 16.9. The number of allylic oxidation sites excluding steroid dienone is 4. The molecule has 6 nitrogen and oxygen atoms in total. The molecule has 0 saturated heterocycles. The van der Waals surface area contributed by atoms with E-state index >= 15 is 0 Å². The third-order valence-corrected chi connectivity index (χ3v) is 7.47. The molecule has 0 atom stereocenters. The van der Waals surface area contributed by atoms with Gasteiger partial charge in [0.25, 0.3) is 0 Å². The monoisotopic (exact) mass is 486 g/mol. The predicted molar refractivity (Wildman–Crippen MR) is 148 cm³/mol. The van der Waals surface area contributed by atoms with Gasteiger partial charge in [0, 0.05) is 29.6 Å². The largest absolute Gasteiger partial charge is 0.293 e. The topological polar surface area (TPSA) is 65.3 Å². The number of hydrogen-bond donors (Lipinski definition) is 0. The van der Waals surface area contributed by atoms with E-state index in [-0.39, 0.29) is 23.9 Å². The molecule has 1 aliphatic carbocycles. The first-order valence-electron chi connectivity index (χ1n) is 12.8. The van der Waals surface area contributed by atoms with Gasteiger partial charge in [-0.05, 0) is 104 Å². The molecule has 36 heavy (non-hydrogen) atoms. The molecule has 2 heterocycles. The standard InChI is InChI=1S/C30H38N4O2/c1-10-20(17-32-18(2)3)21-11-14-23-25(16-21)33(27(35)29(23,5)6)19(4)15-24-26(31-9)34(22-12-13-22)28(36)30(24,7)8/h10-11,14-18,22H,9,12-13H2,1-8H3/b19-15+,20-10+,32-17?. The smallest absolute Gasteiger partial charge is 0.241 e. The quantitative estimate of drug-likeness (QED) is 0.441. The lowest BCUT2D eigenvalue weighted by molar-refractivity contribution is -0.134. The molecular formula is C30H38N4O2. The summed E-state index contributed by atoms with van der Waals surface area (Å²) in [7, 11) is 0. The molecule has 1 aromatic rings. The third-order valence-electron chi connectivity index (χ3n) is 7.47. The molecule has 190 valence electrons. The first-order valence-corrected chi connectivity index (χ1v) is 12.8. The highest BCUT2D eigenvalue weighted by molar-refractivity contribution is 6.13. The maximum Gasteiger partial charge on any atom is 0.241 e. The second-order valence-electron chi connectivity index (χ2n) is 11.3. The maximum absolute atomic E-state index is 13.7.